The van der Waals surface area contributed by atoms with Crippen LogP contribution in [0.3, 0.4) is 0 Å². The molecule has 22 heavy (non-hydrogen) atoms. The molecule has 2 aliphatic rings. The molecule has 0 amide bonds. The van der Waals surface area contributed by atoms with Crippen molar-refractivity contribution in [3.8, 4) is 0 Å². The minimum atomic E-state index is 0. The lowest BCUT2D eigenvalue weighted by molar-refractivity contribution is 0.244. The van der Waals surface area contributed by atoms with Crippen LogP contribution in [0.15, 0.2) is 48.5 Å². The third-order valence-corrected chi connectivity index (χ3v) is 4.83. The molecular formula is C19H23ClN2. The van der Waals surface area contributed by atoms with Gasteiger partial charge in [-0.15, -0.1) is 12.4 Å². The molecule has 3 heteroatoms. The van der Waals surface area contributed by atoms with Crippen LogP contribution >= 0.6 is 12.4 Å². The van der Waals surface area contributed by atoms with Crippen molar-refractivity contribution in [2.24, 2.45) is 0 Å². The highest BCUT2D eigenvalue weighted by Crippen LogP contribution is 2.33. The Morgan fingerprint density at radius 3 is 2.45 bits per heavy atom. The van der Waals surface area contributed by atoms with Crippen molar-refractivity contribution in [1.29, 1.82) is 0 Å². The molecule has 0 radical (unpaired) electrons. The van der Waals surface area contributed by atoms with Crippen LogP contribution in [0, 0.1) is 0 Å². The lowest BCUT2D eigenvalue weighted by Crippen LogP contribution is -2.32. The van der Waals surface area contributed by atoms with Crippen molar-refractivity contribution in [2.45, 2.75) is 31.8 Å². The van der Waals surface area contributed by atoms with Crippen LogP contribution in [0.5, 0.6) is 0 Å². The number of halogens is 1. The van der Waals surface area contributed by atoms with E-state index in [0.717, 1.165) is 12.6 Å². The van der Waals surface area contributed by atoms with Crippen LogP contribution < -0.4 is 4.90 Å². The zero-order chi connectivity index (χ0) is 14.2. The molecule has 1 heterocycles. The summed E-state index contributed by atoms with van der Waals surface area (Å²) >= 11 is 0. The second-order valence-corrected chi connectivity index (χ2v) is 6.30. The van der Waals surface area contributed by atoms with Crippen LogP contribution in [0.25, 0.3) is 0 Å². The van der Waals surface area contributed by atoms with Gasteiger partial charge in [-0.25, -0.2) is 0 Å². The van der Waals surface area contributed by atoms with Crippen molar-refractivity contribution in [2.75, 3.05) is 18.5 Å². The number of anilines is 2. The number of rotatable bonds is 3. The maximum absolute atomic E-state index is 2.66. The zero-order valence-corrected chi connectivity index (χ0v) is 13.9. The van der Waals surface area contributed by atoms with Gasteiger partial charge in [0.25, 0.3) is 0 Å². The Kier molecular flexibility index (Phi) is 4.42. The van der Waals surface area contributed by atoms with Crippen molar-refractivity contribution >= 4 is 23.8 Å². The molecule has 0 N–H and O–H groups in total. The highest BCUT2D eigenvalue weighted by atomic mass is 35.5. The zero-order valence-electron chi connectivity index (χ0n) is 13.0. The van der Waals surface area contributed by atoms with E-state index >= 15 is 0 Å². The summed E-state index contributed by atoms with van der Waals surface area (Å²) < 4.78 is 0. The molecule has 1 aliphatic carbocycles. The molecule has 0 unspecified atom stereocenters. The average molecular weight is 315 g/mol. The first-order chi connectivity index (χ1) is 10.3. The number of fused-ring (bicyclic) bond motifs is 1. The minimum absolute atomic E-state index is 0. The summed E-state index contributed by atoms with van der Waals surface area (Å²) in [4.78, 5) is 4.94. The van der Waals surface area contributed by atoms with Gasteiger partial charge in [0.1, 0.15) is 0 Å². The van der Waals surface area contributed by atoms with E-state index in [4.69, 9.17) is 0 Å². The van der Waals surface area contributed by atoms with Gasteiger partial charge in [0.2, 0.25) is 0 Å². The summed E-state index contributed by atoms with van der Waals surface area (Å²) in [5.74, 6) is 0. The third kappa shape index (κ3) is 2.99. The topological polar surface area (TPSA) is 6.48 Å². The first kappa shape index (κ1) is 15.4. The molecule has 1 saturated carbocycles. The molecule has 2 aromatic carbocycles. The summed E-state index contributed by atoms with van der Waals surface area (Å²) in [5, 5.41) is 0. The SMILES string of the molecule is CN(c1ccccc1)c1ccc2c(c1)CN(C1CC1)CC2.Cl. The molecule has 0 bridgehead atoms. The second-order valence-electron chi connectivity index (χ2n) is 6.30. The minimum Gasteiger partial charge on any atom is -0.345 e. The summed E-state index contributed by atoms with van der Waals surface area (Å²) in [6, 6.07) is 18.4. The fourth-order valence-corrected chi connectivity index (χ4v) is 3.33. The number of benzene rings is 2. The summed E-state index contributed by atoms with van der Waals surface area (Å²) in [5.41, 5.74) is 5.59. The summed E-state index contributed by atoms with van der Waals surface area (Å²) in [7, 11) is 2.15. The van der Waals surface area contributed by atoms with Gasteiger partial charge < -0.3 is 4.90 Å². The Hall–Kier alpha value is -1.51. The standard InChI is InChI=1S/C19H22N2.ClH/c1-20(17-5-3-2-4-6-17)19-8-7-15-11-12-21(18-9-10-18)14-16(15)13-19;/h2-8,13,18H,9-12,14H2,1H3;1H. The van der Waals surface area contributed by atoms with E-state index in [1.807, 2.05) is 0 Å². The Labute approximate surface area is 139 Å². The van der Waals surface area contributed by atoms with Crippen LogP contribution in [-0.4, -0.2) is 24.5 Å². The van der Waals surface area contributed by atoms with Crippen molar-refractivity contribution in [3.63, 3.8) is 0 Å². The van der Waals surface area contributed by atoms with Crippen LogP contribution in [0.4, 0.5) is 11.4 Å². The van der Waals surface area contributed by atoms with Gasteiger partial charge in [-0.1, -0.05) is 24.3 Å². The number of hydrogen-bond donors (Lipinski definition) is 0. The van der Waals surface area contributed by atoms with Gasteiger partial charge in [0, 0.05) is 37.6 Å². The van der Waals surface area contributed by atoms with E-state index in [1.165, 1.54) is 48.3 Å². The fourth-order valence-electron chi connectivity index (χ4n) is 3.33. The van der Waals surface area contributed by atoms with Gasteiger partial charge in [0.05, 0.1) is 0 Å². The highest BCUT2D eigenvalue weighted by Gasteiger charge is 2.31. The average Bonchev–Trinajstić information content (AvgIpc) is 3.39. The molecule has 116 valence electrons. The maximum atomic E-state index is 2.66. The van der Waals surface area contributed by atoms with E-state index < -0.39 is 0 Å². The highest BCUT2D eigenvalue weighted by molar-refractivity contribution is 5.85. The van der Waals surface area contributed by atoms with Crippen LogP contribution in [0.2, 0.25) is 0 Å². The monoisotopic (exact) mass is 314 g/mol. The van der Waals surface area contributed by atoms with Crippen molar-refractivity contribution < 1.29 is 0 Å². The fraction of sp³-hybridized carbons (Fsp3) is 0.368. The number of hydrogen-bond acceptors (Lipinski definition) is 2. The molecule has 2 aromatic rings. The Bertz CT molecular complexity index is 637. The molecular weight excluding hydrogens is 292 g/mol. The Morgan fingerprint density at radius 2 is 1.73 bits per heavy atom. The van der Waals surface area contributed by atoms with Crippen molar-refractivity contribution in [1.82, 2.24) is 4.90 Å². The van der Waals surface area contributed by atoms with E-state index in [-0.39, 0.29) is 12.4 Å². The smallest absolute Gasteiger partial charge is 0.0411 e. The quantitative estimate of drug-likeness (QED) is 0.828. The molecule has 0 atom stereocenters. The van der Waals surface area contributed by atoms with Gasteiger partial charge >= 0.3 is 0 Å². The predicted octanol–water partition coefficient (Wildman–Crippen LogP) is 4.40. The van der Waals surface area contributed by atoms with E-state index in [1.54, 1.807) is 0 Å². The number of nitrogens with zero attached hydrogens (tertiary/aromatic N) is 2. The molecule has 1 aliphatic heterocycles. The number of para-hydroxylation sites is 1. The molecule has 0 aromatic heterocycles. The van der Waals surface area contributed by atoms with Gasteiger partial charge in [-0.2, -0.15) is 0 Å². The Balaban J connectivity index is 0.00000144. The molecule has 4 rings (SSSR count). The van der Waals surface area contributed by atoms with E-state index in [0.29, 0.717) is 0 Å². The molecule has 0 spiro atoms. The van der Waals surface area contributed by atoms with Crippen molar-refractivity contribution in [3.05, 3.63) is 59.7 Å². The summed E-state index contributed by atoms with van der Waals surface area (Å²) in [6.07, 6.45) is 4.01. The Morgan fingerprint density at radius 1 is 0.955 bits per heavy atom. The lowest BCUT2D eigenvalue weighted by atomic mass is 9.98. The lowest BCUT2D eigenvalue weighted by Gasteiger charge is -2.30. The molecule has 0 saturated heterocycles. The van der Waals surface area contributed by atoms with E-state index in [2.05, 4.69) is 65.4 Å². The third-order valence-electron chi connectivity index (χ3n) is 4.83. The predicted molar refractivity (Wildman–Crippen MR) is 95.3 cm³/mol. The first-order valence-corrected chi connectivity index (χ1v) is 7.96. The maximum Gasteiger partial charge on any atom is 0.0411 e. The van der Waals surface area contributed by atoms with Crippen LogP contribution in [0.1, 0.15) is 24.0 Å². The van der Waals surface area contributed by atoms with Gasteiger partial charge in [-0.05, 0) is 54.7 Å². The van der Waals surface area contributed by atoms with Crippen LogP contribution in [-0.2, 0) is 13.0 Å². The van der Waals surface area contributed by atoms with E-state index in [9.17, 15) is 0 Å². The molecule has 1 fully saturated rings. The first-order valence-electron chi connectivity index (χ1n) is 7.96. The second kappa shape index (κ2) is 6.31. The largest absolute Gasteiger partial charge is 0.345 e. The van der Waals surface area contributed by atoms with Gasteiger partial charge in [0.15, 0.2) is 0 Å². The summed E-state index contributed by atoms with van der Waals surface area (Å²) in [6.45, 7) is 2.38. The normalized spacial score (nSPS) is 17.5. The van der Waals surface area contributed by atoms with Gasteiger partial charge in [-0.3, -0.25) is 4.90 Å². The molecule has 2 nitrogen and oxygen atoms in total.